The molecule has 0 fully saturated rings. The Labute approximate surface area is 94.1 Å². The molecule has 0 aliphatic heterocycles. The molecule has 0 radical (unpaired) electrons. The molecule has 1 heterocycles. The molecule has 0 amide bonds. The third-order valence-corrected chi connectivity index (χ3v) is 3.96. The van der Waals surface area contributed by atoms with E-state index >= 15 is 0 Å². The van der Waals surface area contributed by atoms with Gasteiger partial charge in [0.2, 0.25) is 0 Å². The molecule has 0 unspecified atom stereocenters. The van der Waals surface area contributed by atoms with Crippen molar-refractivity contribution in [2.75, 3.05) is 5.73 Å². The van der Waals surface area contributed by atoms with E-state index in [0.717, 1.165) is 20.1 Å². The van der Waals surface area contributed by atoms with Gasteiger partial charge in [-0.15, -0.1) is 11.3 Å². The van der Waals surface area contributed by atoms with Gasteiger partial charge in [-0.3, -0.25) is 0 Å². The average molecular weight is 267 g/mol. The Morgan fingerprint density at radius 2 is 2.29 bits per heavy atom. The Kier molecular flexibility index (Phi) is 2.44. The first-order valence-corrected chi connectivity index (χ1v) is 5.71. The molecule has 2 N–H and O–H groups in total. The van der Waals surface area contributed by atoms with Crippen molar-refractivity contribution in [1.82, 2.24) is 0 Å². The van der Waals surface area contributed by atoms with Crippen LogP contribution >= 0.6 is 27.3 Å². The molecule has 1 aromatic heterocycles. The van der Waals surface area contributed by atoms with Crippen LogP contribution < -0.4 is 5.73 Å². The second-order valence-electron chi connectivity index (χ2n) is 2.97. The zero-order valence-corrected chi connectivity index (χ0v) is 9.65. The maximum atomic E-state index is 8.61. The molecule has 0 aliphatic carbocycles. The van der Waals surface area contributed by atoms with E-state index < -0.39 is 0 Å². The van der Waals surface area contributed by atoms with E-state index in [1.807, 2.05) is 17.5 Å². The second-order valence-corrected chi connectivity index (χ2v) is 4.73. The van der Waals surface area contributed by atoms with Gasteiger partial charge in [-0.25, -0.2) is 0 Å². The fourth-order valence-electron chi connectivity index (χ4n) is 1.34. The summed E-state index contributed by atoms with van der Waals surface area (Å²) in [6.45, 7) is 0. The zero-order valence-electron chi connectivity index (χ0n) is 7.25. The number of fused-ring (bicyclic) bond motifs is 1. The molecule has 70 valence electrons. The molecule has 0 aliphatic rings. The molecule has 0 saturated heterocycles. The number of halogens is 1. The van der Waals surface area contributed by atoms with Crippen LogP contribution in [0.15, 0.2) is 22.0 Å². The van der Waals surface area contributed by atoms with Crippen LogP contribution in [0.4, 0.5) is 5.69 Å². The Morgan fingerprint density at radius 3 is 3.00 bits per heavy atom. The van der Waals surface area contributed by atoms with Gasteiger partial charge in [0, 0.05) is 25.6 Å². The van der Waals surface area contributed by atoms with E-state index in [1.54, 1.807) is 11.3 Å². The highest BCUT2D eigenvalue weighted by Gasteiger charge is 2.06. The van der Waals surface area contributed by atoms with Crippen LogP contribution in [-0.4, -0.2) is 0 Å². The first kappa shape index (κ1) is 9.50. The van der Waals surface area contributed by atoms with Gasteiger partial charge in [0.25, 0.3) is 0 Å². The van der Waals surface area contributed by atoms with E-state index in [0.29, 0.717) is 12.1 Å². The quantitative estimate of drug-likeness (QED) is 0.806. The van der Waals surface area contributed by atoms with Crippen molar-refractivity contribution in [2.45, 2.75) is 6.42 Å². The van der Waals surface area contributed by atoms with Crippen molar-refractivity contribution in [3.63, 3.8) is 0 Å². The monoisotopic (exact) mass is 266 g/mol. The van der Waals surface area contributed by atoms with Gasteiger partial charge < -0.3 is 5.73 Å². The first-order valence-electron chi connectivity index (χ1n) is 4.04. The van der Waals surface area contributed by atoms with Crippen LogP contribution in [0.1, 0.15) is 5.56 Å². The maximum Gasteiger partial charge on any atom is 0.0670 e. The molecule has 1 aromatic carbocycles. The number of nitriles is 1. The third-order valence-electron chi connectivity index (χ3n) is 2.06. The average Bonchev–Trinajstić information content (AvgIpc) is 2.50. The second kappa shape index (κ2) is 3.60. The van der Waals surface area contributed by atoms with Gasteiger partial charge in [-0.05, 0) is 33.6 Å². The van der Waals surface area contributed by atoms with Gasteiger partial charge in [-0.2, -0.15) is 5.26 Å². The normalized spacial score (nSPS) is 10.3. The number of hydrogen-bond acceptors (Lipinski definition) is 3. The van der Waals surface area contributed by atoms with Crippen molar-refractivity contribution in [1.29, 1.82) is 5.26 Å². The highest BCUT2D eigenvalue weighted by atomic mass is 79.9. The van der Waals surface area contributed by atoms with Crippen LogP contribution in [0, 0.1) is 11.3 Å². The van der Waals surface area contributed by atoms with E-state index in [1.165, 1.54) is 0 Å². The number of rotatable bonds is 1. The highest BCUT2D eigenvalue weighted by Crippen LogP contribution is 2.33. The van der Waals surface area contributed by atoms with E-state index in [-0.39, 0.29) is 0 Å². The number of anilines is 1. The molecular weight excluding hydrogens is 260 g/mol. The van der Waals surface area contributed by atoms with Crippen LogP contribution in [0.2, 0.25) is 0 Å². The molecule has 0 atom stereocenters. The predicted octanol–water partition coefficient (Wildman–Crippen LogP) is 3.31. The Balaban J connectivity index is 2.67. The minimum atomic E-state index is 0.372. The molecule has 0 spiro atoms. The van der Waals surface area contributed by atoms with Crippen molar-refractivity contribution >= 4 is 43.0 Å². The van der Waals surface area contributed by atoms with E-state index in [4.69, 9.17) is 11.0 Å². The van der Waals surface area contributed by atoms with Crippen molar-refractivity contribution in [3.05, 3.63) is 27.5 Å². The number of thiophene rings is 1. The summed E-state index contributed by atoms with van der Waals surface area (Å²) in [5, 5.41) is 11.8. The summed E-state index contributed by atoms with van der Waals surface area (Å²) in [5.41, 5.74) is 7.44. The predicted molar refractivity (Wildman–Crippen MR) is 63.3 cm³/mol. The van der Waals surface area contributed by atoms with E-state index in [2.05, 4.69) is 22.0 Å². The van der Waals surface area contributed by atoms with Crippen LogP contribution in [-0.2, 0) is 6.42 Å². The summed E-state index contributed by atoms with van der Waals surface area (Å²) in [5.74, 6) is 0. The molecular formula is C10H7BrN2S. The van der Waals surface area contributed by atoms with Gasteiger partial charge >= 0.3 is 0 Å². The third kappa shape index (κ3) is 1.49. The number of nitrogens with two attached hydrogens (primary N) is 1. The van der Waals surface area contributed by atoms with Gasteiger partial charge in [-0.1, -0.05) is 0 Å². The minimum absolute atomic E-state index is 0.372. The molecule has 2 nitrogen and oxygen atoms in total. The summed E-state index contributed by atoms with van der Waals surface area (Å²) in [6.07, 6.45) is 0.372. The van der Waals surface area contributed by atoms with Crippen molar-refractivity contribution in [3.8, 4) is 6.07 Å². The largest absolute Gasteiger partial charge is 0.398 e. The summed E-state index contributed by atoms with van der Waals surface area (Å²) >= 11 is 5.11. The standard InChI is InChI=1S/C10H7BrN2S/c11-8-5-14-10-3-6(1-2-12)9(13)4-7(8)10/h3-5H,1,13H2. The maximum absolute atomic E-state index is 8.61. The lowest BCUT2D eigenvalue weighted by molar-refractivity contribution is 1.28. The summed E-state index contributed by atoms with van der Waals surface area (Å²) < 4.78 is 2.23. The van der Waals surface area contributed by atoms with Crippen LogP contribution in [0.25, 0.3) is 10.1 Å². The van der Waals surface area contributed by atoms with Crippen LogP contribution in [0.5, 0.6) is 0 Å². The Morgan fingerprint density at radius 1 is 1.50 bits per heavy atom. The fraction of sp³-hybridized carbons (Fsp3) is 0.100. The van der Waals surface area contributed by atoms with Gasteiger partial charge in [0.15, 0.2) is 0 Å². The minimum Gasteiger partial charge on any atom is -0.398 e. The van der Waals surface area contributed by atoms with Crippen LogP contribution in [0.3, 0.4) is 0 Å². The topological polar surface area (TPSA) is 49.8 Å². The molecule has 2 aromatic rings. The smallest absolute Gasteiger partial charge is 0.0670 e. The first-order chi connectivity index (χ1) is 6.72. The Hall–Kier alpha value is -1.05. The number of benzene rings is 1. The molecule has 4 heteroatoms. The molecule has 14 heavy (non-hydrogen) atoms. The Bertz CT molecular complexity index is 525. The van der Waals surface area contributed by atoms with Crippen molar-refractivity contribution < 1.29 is 0 Å². The SMILES string of the molecule is N#CCc1cc2scc(Br)c2cc1N. The fourth-order valence-corrected chi connectivity index (χ4v) is 2.94. The number of nitrogen functional groups attached to an aromatic ring is 1. The number of nitrogens with zero attached hydrogens (tertiary/aromatic N) is 1. The lowest BCUT2D eigenvalue weighted by Gasteiger charge is -2.01. The summed E-state index contributed by atoms with van der Waals surface area (Å²) in [7, 11) is 0. The number of hydrogen-bond donors (Lipinski definition) is 1. The molecule has 2 rings (SSSR count). The van der Waals surface area contributed by atoms with E-state index in [9.17, 15) is 0 Å². The van der Waals surface area contributed by atoms with Crippen molar-refractivity contribution in [2.24, 2.45) is 0 Å². The molecule has 0 bridgehead atoms. The lowest BCUT2D eigenvalue weighted by atomic mass is 10.1. The molecule has 0 saturated carbocycles. The summed E-state index contributed by atoms with van der Waals surface area (Å²) in [4.78, 5) is 0. The van der Waals surface area contributed by atoms with Gasteiger partial charge in [0.1, 0.15) is 0 Å². The summed E-state index contributed by atoms with van der Waals surface area (Å²) in [6, 6.07) is 6.02. The van der Waals surface area contributed by atoms with Gasteiger partial charge in [0.05, 0.1) is 12.5 Å². The zero-order chi connectivity index (χ0) is 10.1. The highest BCUT2D eigenvalue weighted by molar-refractivity contribution is 9.10. The lowest BCUT2D eigenvalue weighted by Crippen LogP contribution is -1.92.